The van der Waals surface area contributed by atoms with Crippen molar-refractivity contribution in [2.24, 2.45) is 0 Å². The van der Waals surface area contributed by atoms with Crippen molar-refractivity contribution in [3.05, 3.63) is 88.5 Å². The minimum atomic E-state index is -4.28. The number of rotatable bonds is 7. The number of hydrogen-bond donors (Lipinski definition) is 0. The molecule has 0 aromatic heterocycles. The number of methoxy groups -OCH3 is 2. The maximum Gasteiger partial charge on any atom is 0.249 e. The minimum absolute atomic E-state index is 0.00421. The highest BCUT2D eigenvalue weighted by molar-refractivity contribution is 8.01. The summed E-state index contributed by atoms with van der Waals surface area (Å²) in [5.41, 5.74) is 1.15. The van der Waals surface area contributed by atoms with Gasteiger partial charge in [0.05, 0.1) is 14.2 Å². The summed E-state index contributed by atoms with van der Waals surface area (Å²) in [7, 11) is -1.46. The lowest BCUT2D eigenvalue weighted by atomic mass is 10.0. The van der Waals surface area contributed by atoms with E-state index in [-0.39, 0.29) is 22.4 Å². The fourth-order valence-electron chi connectivity index (χ4n) is 3.86. The van der Waals surface area contributed by atoms with Crippen molar-refractivity contribution in [2.75, 3.05) is 14.2 Å². The summed E-state index contributed by atoms with van der Waals surface area (Å²) in [6, 6.07) is 16.7. The smallest absolute Gasteiger partial charge is 0.249 e. The molecular formula is C25H25O5P. The van der Waals surface area contributed by atoms with Gasteiger partial charge in [-0.25, -0.2) is 0 Å². The Morgan fingerprint density at radius 2 is 1.19 bits per heavy atom. The summed E-state index contributed by atoms with van der Waals surface area (Å²) in [6.07, 6.45) is 0. The highest BCUT2D eigenvalue weighted by atomic mass is 31.2. The Bertz CT molecular complexity index is 1150. The van der Waals surface area contributed by atoms with Gasteiger partial charge in [0.15, 0.2) is 0 Å². The summed E-state index contributed by atoms with van der Waals surface area (Å²) in [5, 5.41) is 0.178. The molecule has 0 spiro atoms. The highest BCUT2D eigenvalue weighted by Crippen LogP contribution is 2.54. The average molecular weight is 436 g/mol. The van der Waals surface area contributed by atoms with E-state index in [1.807, 2.05) is 19.1 Å². The molecular weight excluding hydrogens is 411 g/mol. The second kappa shape index (κ2) is 8.91. The lowest BCUT2D eigenvalue weighted by Crippen LogP contribution is -2.22. The van der Waals surface area contributed by atoms with Crippen LogP contribution in [0.15, 0.2) is 60.7 Å². The lowest BCUT2D eigenvalue weighted by Gasteiger charge is -2.21. The van der Waals surface area contributed by atoms with Crippen LogP contribution in [0, 0.1) is 20.8 Å². The second-order valence-electron chi connectivity index (χ2n) is 7.37. The van der Waals surface area contributed by atoms with Gasteiger partial charge in [0.1, 0.15) is 17.1 Å². The van der Waals surface area contributed by atoms with E-state index in [4.69, 9.17) is 9.47 Å². The maximum absolute atomic E-state index is 14.5. The van der Waals surface area contributed by atoms with E-state index in [0.29, 0.717) is 16.7 Å². The van der Waals surface area contributed by atoms with E-state index in [2.05, 4.69) is 0 Å². The molecule has 0 radical (unpaired) electrons. The monoisotopic (exact) mass is 436 g/mol. The van der Waals surface area contributed by atoms with Crippen LogP contribution in [-0.2, 0) is 4.57 Å². The highest BCUT2D eigenvalue weighted by Gasteiger charge is 2.45. The number of carbonyl (C=O) groups is 2. The molecule has 0 aliphatic carbocycles. The quantitative estimate of drug-likeness (QED) is 0.470. The number of benzene rings is 3. The maximum atomic E-state index is 14.5. The van der Waals surface area contributed by atoms with Crippen LogP contribution in [0.25, 0.3) is 0 Å². The van der Waals surface area contributed by atoms with Crippen LogP contribution in [0.1, 0.15) is 37.4 Å². The van der Waals surface area contributed by atoms with E-state index in [1.165, 1.54) is 14.2 Å². The molecule has 0 heterocycles. The molecule has 0 saturated heterocycles. The van der Waals surface area contributed by atoms with Gasteiger partial charge in [-0.05, 0) is 44.0 Å². The molecule has 0 saturated carbocycles. The lowest BCUT2D eigenvalue weighted by molar-refractivity contribution is 0.103. The third-order valence-electron chi connectivity index (χ3n) is 5.22. The second-order valence-corrected chi connectivity index (χ2v) is 9.91. The molecule has 160 valence electrons. The zero-order chi connectivity index (χ0) is 22.8. The Morgan fingerprint density at radius 1 is 0.710 bits per heavy atom. The summed E-state index contributed by atoms with van der Waals surface area (Å²) in [6.45, 7) is 5.50. The molecule has 0 N–H and O–H groups in total. The van der Waals surface area contributed by atoms with Gasteiger partial charge in [0, 0.05) is 10.9 Å². The van der Waals surface area contributed by atoms with Gasteiger partial charge in [0.2, 0.25) is 18.2 Å². The fraction of sp³-hybridized carbons (Fsp3) is 0.200. The van der Waals surface area contributed by atoms with Crippen LogP contribution in [0.5, 0.6) is 11.5 Å². The molecule has 1 atom stereocenters. The molecule has 0 aliphatic heterocycles. The van der Waals surface area contributed by atoms with Gasteiger partial charge in [-0.1, -0.05) is 54.1 Å². The van der Waals surface area contributed by atoms with E-state index >= 15 is 0 Å². The van der Waals surface area contributed by atoms with E-state index in [9.17, 15) is 14.2 Å². The van der Waals surface area contributed by atoms with Crippen LogP contribution in [0.3, 0.4) is 0 Å². The first-order valence-corrected chi connectivity index (χ1v) is 11.5. The summed E-state index contributed by atoms with van der Waals surface area (Å²) >= 11 is 0. The number of hydrogen-bond acceptors (Lipinski definition) is 5. The van der Waals surface area contributed by atoms with Crippen molar-refractivity contribution >= 4 is 23.5 Å². The zero-order valence-corrected chi connectivity index (χ0v) is 19.2. The normalized spacial score (nSPS) is 12.7. The predicted octanol–water partition coefficient (Wildman–Crippen LogP) is 5.30. The molecule has 31 heavy (non-hydrogen) atoms. The zero-order valence-electron chi connectivity index (χ0n) is 18.3. The standard InChI is InChI=1S/C25H25O5P/c1-16-14-17(2)22(18(3)15-16)24(26)31(28,19-10-7-6-8-11-19)25(27)23-20(29-4)12-9-13-21(23)30-5/h6-15H,1-5H3. The molecule has 5 nitrogen and oxygen atoms in total. The SMILES string of the molecule is COc1cccc(OC)c1C(=O)P(=O)(C(=O)c1c(C)cc(C)cc1C)c1ccccc1. The number of aryl methyl sites for hydroxylation is 3. The molecule has 1 unspecified atom stereocenters. The van der Waals surface area contributed by atoms with Crippen molar-refractivity contribution in [1.82, 2.24) is 0 Å². The van der Waals surface area contributed by atoms with Crippen molar-refractivity contribution in [3.8, 4) is 11.5 Å². The van der Waals surface area contributed by atoms with Crippen molar-refractivity contribution in [1.29, 1.82) is 0 Å². The van der Waals surface area contributed by atoms with Gasteiger partial charge < -0.3 is 14.0 Å². The molecule has 3 aromatic carbocycles. The molecule has 0 amide bonds. The Morgan fingerprint density at radius 3 is 1.68 bits per heavy atom. The molecule has 0 fully saturated rings. The first-order valence-electron chi connectivity index (χ1n) is 9.80. The van der Waals surface area contributed by atoms with Crippen LogP contribution in [0.4, 0.5) is 0 Å². The van der Waals surface area contributed by atoms with Crippen LogP contribution < -0.4 is 14.8 Å². The average Bonchev–Trinajstić information content (AvgIpc) is 2.77. The molecule has 0 aliphatic rings. The van der Waals surface area contributed by atoms with Crippen LogP contribution >= 0.6 is 7.14 Å². The molecule has 0 bridgehead atoms. The molecule has 3 aromatic rings. The van der Waals surface area contributed by atoms with Gasteiger partial charge >= 0.3 is 0 Å². The van der Waals surface area contributed by atoms with Crippen molar-refractivity contribution < 1.29 is 23.6 Å². The number of carbonyl (C=O) groups excluding carboxylic acids is 2. The van der Waals surface area contributed by atoms with Crippen LogP contribution in [0.2, 0.25) is 0 Å². The number of ether oxygens (including phenoxy) is 2. The van der Waals surface area contributed by atoms with Crippen molar-refractivity contribution in [2.45, 2.75) is 20.8 Å². The van der Waals surface area contributed by atoms with Crippen molar-refractivity contribution in [3.63, 3.8) is 0 Å². The summed E-state index contributed by atoms with van der Waals surface area (Å²) < 4.78 is 25.2. The topological polar surface area (TPSA) is 69.7 Å². The minimum Gasteiger partial charge on any atom is -0.496 e. The Balaban J connectivity index is 2.33. The Kier molecular flexibility index (Phi) is 6.47. The third-order valence-corrected chi connectivity index (χ3v) is 7.84. The largest absolute Gasteiger partial charge is 0.496 e. The predicted molar refractivity (Wildman–Crippen MR) is 123 cm³/mol. The van der Waals surface area contributed by atoms with E-state index < -0.39 is 18.2 Å². The van der Waals surface area contributed by atoms with E-state index in [1.54, 1.807) is 62.4 Å². The summed E-state index contributed by atoms with van der Waals surface area (Å²) in [4.78, 5) is 27.8. The first-order chi connectivity index (χ1) is 14.7. The third kappa shape index (κ3) is 3.94. The van der Waals surface area contributed by atoms with Gasteiger partial charge in [0.25, 0.3) is 0 Å². The van der Waals surface area contributed by atoms with Gasteiger partial charge in [-0.3, -0.25) is 9.59 Å². The Hall–Kier alpha value is -3.17. The van der Waals surface area contributed by atoms with E-state index in [0.717, 1.165) is 5.56 Å². The summed E-state index contributed by atoms with van der Waals surface area (Å²) in [5.74, 6) is 0.399. The van der Waals surface area contributed by atoms with Gasteiger partial charge in [-0.2, -0.15) is 0 Å². The first kappa shape index (κ1) is 22.5. The van der Waals surface area contributed by atoms with Gasteiger partial charge in [-0.15, -0.1) is 0 Å². The fourth-order valence-corrected chi connectivity index (χ4v) is 6.31. The van der Waals surface area contributed by atoms with Crippen LogP contribution in [-0.4, -0.2) is 25.3 Å². The molecule has 6 heteroatoms. The molecule has 3 rings (SSSR count). The Labute approximate surface area is 182 Å².